The lowest BCUT2D eigenvalue weighted by atomic mass is 10.2. The number of benzene rings is 1. The maximum absolute atomic E-state index is 11.5. The fourth-order valence-electron chi connectivity index (χ4n) is 1.68. The highest BCUT2D eigenvalue weighted by atomic mass is 16.6. The minimum atomic E-state index is -0.487. The van der Waals surface area contributed by atoms with Crippen LogP contribution in [0.1, 0.15) is 26.3 Å². The van der Waals surface area contributed by atoms with E-state index in [4.69, 9.17) is 15.2 Å². The van der Waals surface area contributed by atoms with Crippen LogP contribution >= 0.6 is 0 Å². The van der Waals surface area contributed by atoms with Gasteiger partial charge in [-0.05, 0) is 38.5 Å². The zero-order chi connectivity index (χ0) is 15.9. The fourth-order valence-corrected chi connectivity index (χ4v) is 1.68. The molecule has 0 spiro atoms. The third-order valence-corrected chi connectivity index (χ3v) is 2.61. The molecule has 0 fully saturated rings. The normalized spacial score (nSPS) is 10.9. The molecule has 118 valence electrons. The van der Waals surface area contributed by atoms with E-state index < -0.39 is 11.7 Å². The van der Waals surface area contributed by atoms with Crippen molar-refractivity contribution < 1.29 is 14.3 Å². The van der Waals surface area contributed by atoms with Crippen LogP contribution in [0.4, 0.5) is 10.5 Å². The number of nitrogens with two attached hydrogens (primary N) is 1. The average molecular weight is 295 g/mol. The first kappa shape index (κ1) is 17.1. The molecule has 0 unspecified atom stereocenters. The van der Waals surface area contributed by atoms with Crippen LogP contribution in [-0.4, -0.2) is 31.9 Å². The first-order chi connectivity index (χ1) is 9.85. The van der Waals surface area contributed by atoms with Gasteiger partial charge in [0.05, 0.1) is 12.8 Å². The summed E-state index contributed by atoms with van der Waals surface area (Å²) in [6, 6.07) is 5.74. The highest BCUT2D eigenvalue weighted by Gasteiger charge is 2.15. The third kappa shape index (κ3) is 6.35. The van der Waals surface area contributed by atoms with Gasteiger partial charge in [-0.1, -0.05) is 6.07 Å². The Morgan fingerprint density at radius 3 is 2.57 bits per heavy atom. The number of rotatable bonds is 6. The molecule has 0 saturated heterocycles. The summed E-state index contributed by atoms with van der Waals surface area (Å²) in [5.41, 5.74) is 6.97. The van der Waals surface area contributed by atoms with Crippen molar-refractivity contribution in [2.24, 2.45) is 5.73 Å². The van der Waals surface area contributed by atoms with E-state index in [0.717, 1.165) is 17.0 Å². The summed E-state index contributed by atoms with van der Waals surface area (Å²) in [5.74, 6) is 0.732. The van der Waals surface area contributed by atoms with Gasteiger partial charge < -0.3 is 25.8 Å². The molecule has 4 N–H and O–H groups in total. The Morgan fingerprint density at radius 1 is 1.29 bits per heavy atom. The number of carbonyl (C=O) groups excluding carboxylic acids is 1. The maximum atomic E-state index is 11.5. The number of nitrogens with one attached hydrogen (secondary N) is 2. The lowest BCUT2D eigenvalue weighted by Crippen LogP contribution is -2.35. The van der Waals surface area contributed by atoms with Gasteiger partial charge in [-0.25, -0.2) is 4.79 Å². The average Bonchev–Trinajstić information content (AvgIpc) is 2.41. The molecule has 0 aliphatic rings. The molecule has 21 heavy (non-hydrogen) atoms. The molecule has 0 aliphatic carbocycles. The molecular weight excluding hydrogens is 270 g/mol. The van der Waals surface area contributed by atoms with E-state index in [9.17, 15) is 4.79 Å². The molecule has 0 aliphatic heterocycles. The number of methoxy groups -OCH3 is 1. The van der Waals surface area contributed by atoms with Crippen molar-refractivity contribution in [1.82, 2.24) is 5.32 Å². The summed E-state index contributed by atoms with van der Waals surface area (Å²) >= 11 is 0. The number of carbonyl (C=O) groups is 1. The first-order valence-corrected chi connectivity index (χ1v) is 6.93. The molecule has 1 rings (SSSR count). The van der Waals surface area contributed by atoms with Crippen molar-refractivity contribution in [3.8, 4) is 5.75 Å². The third-order valence-electron chi connectivity index (χ3n) is 2.61. The molecular formula is C15H25N3O3. The van der Waals surface area contributed by atoms with Gasteiger partial charge >= 0.3 is 6.09 Å². The molecule has 6 heteroatoms. The molecule has 0 atom stereocenters. The number of amides is 1. The van der Waals surface area contributed by atoms with E-state index in [1.54, 1.807) is 7.11 Å². The number of ether oxygens (including phenoxy) is 2. The minimum Gasteiger partial charge on any atom is -0.495 e. The van der Waals surface area contributed by atoms with Crippen LogP contribution in [-0.2, 0) is 11.3 Å². The van der Waals surface area contributed by atoms with Gasteiger partial charge in [0.15, 0.2) is 0 Å². The number of hydrogen-bond acceptors (Lipinski definition) is 5. The van der Waals surface area contributed by atoms with Crippen molar-refractivity contribution >= 4 is 11.8 Å². The Labute approximate surface area is 126 Å². The van der Waals surface area contributed by atoms with Crippen LogP contribution in [0.3, 0.4) is 0 Å². The van der Waals surface area contributed by atoms with Gasteiger partial charge in [0, 0.05) is 19.6 Å². The summed E-state index contributed by atoms with van der Waals surface area (Å²) in [7, 11) is 1.61. The van der Waals surface area contributed by atoms with E-state index in [0.29, 0.717) is 19.6 Å². The second kappa shape index (κ2) is 7.73. The minimum absolute atomic E-state index is 0.422. The van der Waals surface area contributed by atoms with Gasteiger partial charge in [0.25, 0.3) is 0 Å². The molecule has 0 bridgehead atoms. The SMILES string of the molecule is COc1cc(CN)ccc1NCCNC(=O)OC(C)(C)C. The lowest BCUT2D eigenvalue weighted by Gasteiger charge is -2.20. The Hall–Kier alpha value is -1.95. The molecule has 1 amide bonds. The maximum Gasteiger partial charge on any atom is 0.407 e. The van der Waals surface area contributed by atoms with E-state index in [2.05, 4.69) is 10.6 Å². The number of alkyl carbamates (subject to hydrolysis) is 1. The van der Waals surface area contributed by atoms with Crippen molar-refractivity contribution in [2.45, 2.75) is 32.9 Å². The first-order valence-electron chi connectivity index (χ1n) is 6.93. The smallest absolute Gasteiger partial charge is 0.407 e. The van der Waals surface area contributed by atoms with E-state index >= 15 is 0 Å². The van der Waals surface area contributed by atoms with Crippen LogP contribution in [0.25, 0.3) is 0 Å². The predicted octanol–water partition coefficient (Wildman–Crippen LogP) is 2.09. The van der Waals surface area contributed by atoms with Crippen LogP contribution < -0.4 is 21.1 Å². The van der Waals surface area contributed by atoms with Gasteiger partial charge in [0.1, 0.15) is 11.4 Å². The Kier molecular flexibility index (Phi) is 6.30. The zero-order valence-electron chi connectivity index (χ0n) is 13.2. The summed E-state index contributed by atoms with van der Waals surface area (Å²) in [6.07, 6.45) is -0.422. The second-order valence-electron chi connectivity index (χ2n) is 5.59. The lowest BCUT2D eigenvalue weighted by molar-refractivity contribution is 0.0530. The standard InChI is InChI=1S/C15H25N3O3/c1-15(2,3)21-14(19)18-8-7-17-12-6-5-11(10-16)9-13(12)20-4/h5-6,9,17H,7-8,10,16H2,1-4H3,(H,18,19). The summed E-state index contributed by atoms with van der Waals surface area (Å²) in [4.78, 5) is 11.5. The highest BCUT2D eigenvalue weighted by Crippen LogP contribution is 2.25. The van der Waals surface area contributed by atoms with Gasteiger partial charge in [-0.2, -0.15) is 0 Å². The molecule has 0 radical (unpaired) electrons. The van der Waals surface area contributed by atoms with Crippen LogP contribution in [0.15, 0.2) is 18.2 Å². The molecule has 6 nitrogen and oxygen atoms in total. The molecule has 0 heterocycles. The highest BCUT2D eigenvalue weighted by molar-refractivity contribution is 5.67. The van der Waals surface area contributed by atoms with Crippen LogP contribution in [0, 0.1) is 0 Å². The Bertz CT molecular complexity index is 470. The second-order valence-corrected chi connectivity index (χ2v) is 5.59. The Balaban J connectivity index is 2.41. The quantitative estimate of drug-likeness (QED) is 0.700. The molecule has 1 aromatic rings. The molecule has 0 saturated carbocycles. The topological polar surface area (TPSA) is 85.6 Å². The van der Waals surface area contributed by atoms with Gasteiger partial charge in [-0.15, -0.1) is 0 Å². The van der Waals surface area contributed by atoms with Crippen molar-refractivity contribution in [2.75, 3.05) is 25.5 Å². The van der Waals surface area contributed by atoms with Crippen molar-refractivity contribution in [3.05, 3.63) is 23.8 Å². The van der Waals surface area contributed by atoms with E-state index in [1.807, 2.05) is 39.0 Å². The Morgan fingerprint density at radius 2 is 2.00 bits per heavy atom. The summed E-state index contributed by atoms with van der Waals surface area (Å²) in [6.45, 7) is 6.98. The summed E-state index contributed by atoms with van der Waals surface area (Å²) < 4.78 is 10.5. The zero-order valence-corrected chi connectivity index (χ0v) is 13.2. The largest absolute Gasteiger partial charge is 0.495 e. The van der Waals surface area contributed by atoms with Gasteiger partial charge in [0.2, 0.25) is 0 Å². The van der Waals surface area contributed by atoms with Crippen LogP contribution in [0.5, 0.6) is 5.75 Å². The molecule has 1 aromatic carbocycles. The van der Waals surface area contributed by atoms with E-state index in [1.165, 1.54) is 0 Å². The summed E-state index contributed by atoms with van der Waals surface area (Å²) in [5, 5.41) is 5.88. The monoisotopic (exact) mass is 295 g/mol. The number of hydrogen-bond donors (Lipinski definition) is 3. The van der Waals surface area contributed by atoms with Gasteiger partial charge in [-0.3, -0.25) is 0 Å². The van der Waals surface area contributed by atoms with E-state index in [-0.39, 0.29) is 0 Å². The van der Waals surface area contributed by atoms with Crippen molar-refractivity contribution in [3.63, 3.8) is 0 Å². The molecule has 0 aromatic heterocycles. The fraction of sp³-hybridized carbons (Fsp3) is 0.533. The van der Waals surface area contributed by atoms with Crippen LogP contribution in [0.2, 0.25) is 0 Å². The van der Waals surface area contributed by atoms with Crippen molar-refractivity contribution in [1.29, 1.82) is 0 Å². The predicted molar refractivity (Wildman–Crippen MR) is 83.6 cm³/mol. The number of anilines is 1.